The van der Waals surface area contributed by atoms with Crippen LogP contribution in [0, 0.1) is 5.41 Å². The van der Waals surface area contributed by atoms with Gasteiger partial charge >= 0.3 is 0 Å². The molecule has 0 radical (unpaired) electrons. The van der Waals surface area contributed by atoms with Crippen LogP contribution in [0.2, 0.25) is 0 Å². The maximum absolute atomic E-state index is 9.20. The Hall–Kier alpha value is -0.490. The average Bonchev–Trinajstić information content (AvgIpc) is 2.84. The molecule has 0 amide bonds. The van der Waals surface area contributed by atoms with Gasteiger partial charge in [0.1, 0.15) is 5.01 Å². The number of hydrogen-bond donors (Lipinski definition) is 3. The summed E-state index contributed by atoms with van der Waals surface area (Å²) in [5, 5.41) is 22.8. The third-order valence-corrected chi connectivity index (χ3v) is 4.21. The zero-order valence-electron chi connectivity index (χ0n) is 10.7. The second kappa shape index (κ2) is 6.44. The van der Waals surface area contributed by atoms with Crippen LogP contribution in [0.15, 0.2) is 6.20 Å². The Labute approximate surface area is 107 Å². The molecule has 0 aromatic carbocycles. The number of nitrogens with one attached hydrogen (secondary N) is 1. The highest BCUT2D eigenvalue weighted by Crippen LogP contribution is 2.21. The molecular formula is C12H22N2O2S. The van der Waals surface area contributed by atoms with Gasteiger partial charge in [-0.1, -0.05) is 13.8 Å². The highest BCUT2D eigenvalue weighted by atomic mass is 32.1. The largest absolute Gasteiger partial charge is 0.396 e. The van der Waals surface area contributed by atoms with Crippen molar-refractivity contribution in [3.05, 3.63) is 16.1 Å². The molecule has 1 rings (SSSR count). The molecule has 1 aromatic rings. The molecule has 0 aliphatic carbocycles. The minimum absolute atomic E-state index is 0.0265. The normalized spacial score (nSPS) is 13.9. The molecule has 1 unspecified atom stereocenters. The minimum atomic E-state index is -0.473. The number of aryl methyl sites for hydroxylation is 1. The monoisotopic (exact) mass is 258 g/mol. The molecule has 0 saturated heterocycles. The molecule has 1 heterocycles. The fraction of sp³-hybridized carbons (Fsp3) is 0.750. The molecule has 5 heteroatoms. The van der Waals surface area contributed by atoms with Crippen molar-refractivity contribution in [3.8, 4) is 0 Å². The van der Waals surface area contributed by atoms with Crippen LogP contribution in [-0.2, 0) is 6.42 Å². The van der Waals surface area contributed by atoms with Crippen molar-refractivity contribution in [1.29, 1.82) is 0 Å². The van der Waals surface area contributed by atoms with E-state index in [0.29, 0.717) is 6.54 Å². The number of aliphatic hydroxyl groups excluding tert-OH is 2. The van der Waals surface area contributed by atoms with Gasteiger partial charge in [0.05, 0.1) is 19.3 Å². The van der Waals surface area contributed by atoms with Crippen LogP contribution in [-0.4, -0.2) is 35.0 Å². The van der Waals surface area contributed by atoms with Crippen molar-refractivity contribution >= 4 is 11.3 Å². The Morgan fingerprint density at radius 1 is 1.47 bits per heavy atom. The third kappa shape index (κ3) is 4.03. The van der Waals surface area contributed by atoms with Gasteiger partial charge in [-0.05, 0) is 13.3 Å². The maximum Gasteiger partial charge on any atom is 0.109 e. The molecular weight excluding hydrogens is 236 g/mol. The predicted molar refractivity (Wildman–Crippen MR) is 70.2 cm³/mol. The number of aliphatic hydroxyl groups is 2. The van der Waals surface area contributed by atoms with E-state index >= 15 is 0 Å². The first-order chi connectivity index (χ1) is 8.04. The topological polar surface area (TPSA) is 65.4 Å². The van der Waals surface area contributed by atoms with E-state index in [0.717, 1.165) is 11.4 Å². The van der Waals surface area contributed by atoms with Crippen LogP contribution in [0.3, 0.4) is 0 Å². The van der Waals surface area contributed by atoms with Gasteiger partial charge in [0, 0.05) is 23.0 Å². The van der Waals surface area contributed by atoms with Crippen LogP contribution in [0.1, 0.15) is 36.7 Å². The fourth-order valence-corrected chi connectivity index (χ4v) is 2.22. The summed E-state index contributed by atoms with van der Waals surface area (Å²) >= 11 is 1.71. The van der Waals surface area contributed by atoms with Gasteiger partial charge in [-0.2, -0.15) is 0 Å². The molecule has 0 aliphatic heterocycles. The van der Waals surface area contributed by atoms with Crippen LogP contribution in [0.25, 0.3) is 0 Å². The molecule has 0 spiro atoms. The molecule has 1 aromatic heterocycles. The van der Waals surface area contributed by atoms with Gasteiger partial charge in [-0.25, -0.2) is 4.98 Å². The molecule has 1 atom stereocenters. The first kappa shape index (κ1) is 14.6. The number of rotatable bonds is 7. The van der Waals surface area contributed by atoms with Crippen molar-refractivity contribution in [2.45, 2.75) is 33.2 Å². The summed E-state index contributed by atoms with van der Waals surface area (Å²) in [5.74, 6) is 0. The van der Waals surface area contributed by atoms with Crippen molar-refractivity contribution in [3.63, 3.8) is 0 Å². The zero-order chi connectivity index (χ0) is 12.9. The van der Waals surface area contributed by atoms with Crippen LogP contribution < -0.4 is 5.32 Å². The lowest BCUT2D eigenvalue weighted by atomic mass is 9.93. The summed E-state index contributed by atoms with van der Waals surface area (Å²) in [6, 6.07) is 0.151. The van der Waals surface area contributed by atoms with Gasteiger partial charge in [-0.3, -0.25) is 0 Å². The van der Waals surface area contributed by atoms with E-state index in [1.54, 1.807) is 11.3 Å². The lowest BCUT2D eigenvalue weighted by Gasteiger charge is -2.26. The van der Waals surface area contributed by atoms with E-state index in [9.17, 15) is 10.2 Å². The van der Waals surface area contributed by atoms with Crippen LogP contribution in [0.4, 0.5) is 0 Å². The lowest BCUT2D eigenvalue weighted by Crippen LogP contribution is -2.38. The molecule has 3 N–H and O–H groups in total. The van der Waals surface area contributed by atoms with Crippen molar-refractivity contribution in [2.24, 2.45) is 5.41 Å². The number of thiazole rings is 1. The Morgan fingerprint density at radius 3 is 2.59 bits per heavy atom. The van der Waals surface area contributed by atoms with Gasteiger partial charge in [-0.15, -0.1) is 11.3 Å². The summed E-state index contributed by atoms with van der Waals surface area (Å²) in [4.78, 5) is 5.65. The standard InChI is InChI=1S/C12H22N2O2S/c1-4-10-5-13-11(17-10)9(2)14-6-12(3,7-15)8-16/h5,9,14-16H,4,6-8H2,1-3H3. The zero-order valence-corrected chi connectivity index (χ0v) is 11.5. The highest BCUT2D eigenvalue weighted by Gasteiger charge is 2.23. The molecule has 0 aliphatic rings. The third-order valence-electron chi connectivity index (χ3n) is 2.89. The Morgan fingerprint density at radius 2 is 2.12 bits per heavy atom. The number of nitrogens with zero attached hydrogens (tertiary/aromatic N) is 1. The van der Waals surface area contributed by atoms with Gasteiger partial charge in [0.2, 0.25) is 0 Å². The van der Waals surface area contributed by atoms with E-state index in [4.69, 9.17) is 0 Å². The van der Waals surface area contributed by atoms with Crippen LogP contribution in [0.5, 0.6) is 0 Å². The number of hydrogen-bond acceptors (Lipinski definition) is 5. The quantitative estimate of drug-likeness (QED) is 0.690. The van der Waals surface area contributed by atoms with Crippen molar-refractivity contribution in [1.82, 2.24) is 10.3 Å². The molecule has 0 saturated carbocycles. The van der Waals surface area contributed by atoms with Crippen LogP contribution >= 0.6 is 11.3 Å². The second-order valence-corrected chi connectivity index (χ2v) is 5.89. The van der Waals surface area contributed by atoms with E-state index in [1.807, 2.05) is 20.0 Å². The van der Waals surface area contributed by atoms with E-state index in [-0.39, 0.29) is 19.3 Å². The first-order valence-corrected chi connectivity index (χ1v) is 6.76. The average molecular weight is 258 g/mol. The molecule has 98 valence electrons. The van der Waals surface area contributed by atoms with E-state index in [2.05, 4.69) is 17.2 Å². The summed E-state index contributed by atoms with van der Waals surface area (Å²) in [7, 11) is 0. The Balaban J connectivity index is 2.51. The van der Waals surface area contributed by atoms with Gasteiger partial charge in [0.25, 0.3) is 0 Å². The molecule has 0 fully saturated rings. The first-order valence-electron chi connectivity index (χ1n) is 5.94. The SMILES string of the molecule is CCc1cnc(C(C)NCC(C)(CO)CO)s1. The molecule has 4 nitrogen and oxygen atoms in total. The molecule has 17 heavy (non-hydrogen) atoms. The van der Waals surface area contributed by atoms with Gasteiger partial charge < -0.3 is 15.5 Å². The highest BCUT2D eigenvalue weighted by molar-refractivity contribution is 7.11. The van der Waals surface area contributed by atoms with E-state index < -0.39 is 5.41 Å². The van der Waals surface area contributed by atoms with Crippen molar-refractivity contribution in [2.75, 3.05) is 19.8 Å². The Kier molecular flexibility index (Phi) is 5.52. The summed E-state index contributed by atoms with van der Waals surface area (Å²) in [6.45, 7) is 6.54. The summed E-state index contributed by atoms with van der Waals surface area (Å²) < 4.78 is 0. The minimum Gasteiger partial charge on any atom is -0.396 e. The lowest BCUT2D eigenvalue weighted by molar-refractivity contribution is 0.0677. The summed E-state index contributed by atoms with van der Waals surface area (Å²) in [6.07, 6.45) is 2.92. The number of aromatic nitrogens is 1. The second-order valence-electron chi connectivity index (χ2n) is 4.75. The maximum atomic E-state index is 9.20. The smallest absolute Gasteiger partial charge is 0.109 e. The van der Waals surface area contributed by atoms with Gasteiger partial charge in [0.15, 0.2) is 0 Å². The van der Waals surface area contributed by atoms with E-state index in [1.165, 1.54) is 4.88 Å². The predicted octanol–water partition coefficient (Wildman–Crippen LogP) is 1.35. The summed E-state index contributed by atoms with van der Waals surface area (Å²) in [5.41, 5.74) is -0.473. The fourth-order valence-electron chi connectivity index (χ4n) is 1.33. The Bertz CT molecular complexity index is 337. The van der Waals surface area contributed by atoms with Crippen molar-refractivity contribution < 1.29 is 10.2 Å². The molecule has 0 bridgehead atoms.